The summed E-state index contributed by atoms with van der Waals surface area (Å²) < 4.78 is 0. The van der Waals surface area contributed by atoms with E-state index in [-0.39, 0.29) is 0 Å². The van der Waals surface area contributed by atoms with Gasteiger partial charge >= 0.3 is 0 Å². The van der Waals surface area contributed by atoms with Crippen LogP contribution in [0, 0.1) is 6.92 Å². The summed E-state index contributed by atoms with van der Waals surface area (Å²) in [5.74, 6) is 0. The molecule has 1 rings (SSSR count). The minimum absolute atomic E-state index is 1.33. The summed E-state index contributed by atoms with van der Waals surface area (Å²) in [6, 6.07) is 8.97. The third kappa shape index (κ3) is 7.88. The van der Waals surface area contributed by atoms with E-state index in [2.05, 4.69) is 38.1 Å². The molecule has 0 saturated carbocycles. The zero-order valence-electron chi connectivity index (χ0n) is 12.1. The summed E-state index contributed by atoms with van der Waals surface area (Å²) >= 11 is 0. The minimum Gasteiger partial charge on any atom is -0.0654 e. The van der Waals surface area contributed by atoms with Gasteiger partial charge in [0.2, 0.25) is 0 Å². The quantitative estimate of drug-likeness (QED) is 0.375. The van der Waals surface area contributed by atoms with Crippen LogP contribution in [0.1, 0.15) is 63.9 Å². The van der Waals surface area contributed by atoms with E-state index < -0.39 is 0 Å². The third-order valence-corrected chi connectivity index (χ3v) is 4.54. The minimum atomic E-state index is 1.33. The molecule has 1 aromatic rings. The lowest BCUT2D eigenvalue weighted by atomic mass is 10.1. The molecule has 0 amide bonds. The Labute approximate surface area is 115 Å². The lowest BCUT2D eigenvalue weighted by molar-refractivity contribution is 0.586. The molecule has 0 aliphatic rings. The molecule has 0 nitrogen and oxygen atoms in total. The molecular formula is C17H28P. The topological polar surface area (TPSA) is 0 Å². The van der Waals surface area contributed by atoms with Crippen LogP contribution in [0.5, 0.6) is 0 Å². The molecule has 0 aromatic heterocycles. The van der Waals surface area contributed by atoms with Crippen molar-refractivity contribution < 1.29 is 0 Å². The predicted octanol–water partition coefficient (Wildman–Crippen LogP) is 5.71. The van der Waals surface area contributed by atoms with Crippen LogP contribution >= 0.6 is 8.58 Å². The number of rotatable bonds is 10. The lowest BCUT2D eigenvalue weighted by Crippen LogP contribution is -1.94. The van der Waals surface area contributed by atoms with Gasteiger partial charge < -0.3 is 0 Å². The first-order valence-corrected chi connectivity index (χ1v) is 8.65. The van der Waals surface area contributed by atoms with E-state index in [1.54, 1.807) is 0 Å². The molecule has 18 heavy (non-hydrogen) atoms. The van der Waals surface area contributed by atoms with E-state index in [0.717, 1.165) is 0 Å². The van der Waals surface area contributed by atoms with Crippen molar-refractivity contribution in [2.45, 2.75) is 65.2 Å². The summed E-state index contributed by atoms with van der Waals surface area (Å²) in [6.45, 7) is 4.43. The maximum atomic E-state index is 2.28. The van der Waals surface area contributed by atoms with Gasteiger partial charge in [-0.05, 0) is 33.4 Å². The fourth-order valence-electron chi connectivity index (χ4n) is 2.10. The SMILES string of the molecule is CCCCCCCCCC[P]c1ccc(C)cc1. The first kappa shape index (κ1) is 15.7. The Morgan fingerprint density at radius 1 is 0.778 bits per heavy atom. The van der Waals surface area contributed by atoms with Crippen LogP contribution in [0.2, 0.25) is 0 Å². The smallest absolute Gasteiger partial charge is 0.0193 e. The Balaban J connectivity index is 1.91. The number of hydrogen-bond acceptors (Lipinski definition) is 0. The van der Waals surface area contributed by atoms with Gasteiger partial charge in [0.1, 0.15) is 0 Å². The third-order valence-electron chi connectivity index (χ3n) is 3.34. The Bertz CT molecular complexity index is 289. The van der Waals surface area contributed by atoms with Crippen LogP contribution < -0.4 is 5.30 Å². The van der Waals surface area contributed by atoms with Gasteiger partial charge in [0, 0.05) is 0 Å². The standard InChI is InChI=1S/C17H28P/c1-3-4-5-6-7-8-9-10-15-18-17-13-11-16(2)12-14-17/h11-14H,3-10,15H2,1-2H3. The monoisotopic (exact) mass is 263 g/mol. The molecule has 0 saturated heterocycles. The van der Waals surface area contributed by atoms with Crippen LogP contribution in [0.25, 0.3) is 0 Å². The van der Waals surface area contributed by atoms with Gasteiger partial charge in [-0.1, -0.05) is 81.7 Å². The van der Waals surface area contributed by atoms with Crippen molar-refractivity contribution in [2.24, 2.45) is 0 Å². The molecule has 0 atom stereocenters. The van der Waals surface area contributed by atoms with E-state index in [9.17, 15) is 0 Å². The van der Waals surface area contributed by atoms with Gasteiger partial charge in [-0.15, -0.1) is 0 Å². The maximum Gasteiger partial charge on any atom is -0.0193 e. The normalized spacial score (nSPS) is 11.4. The Hall–Kier alpha value is -0.350. The maximum absolute atomic E-state index is 2.28. The predicted molar refractivity (Wildman–Crippen MR) is 85.2 cm³/mol. The van der Waals surface area contributed by atoms with Crippen molar-refractivity contribution >= 4 is 13.9 Å². The van der Waals surface area contributed by atoms with E-state index in [1.807, 2.05) is 0 Å². The zero-order chi connectivity index (χ0) is 13.1. The highest BCUT2D eigenvalue weighted by Crippen LogP contribution is 2.15. The lowest BCUT2D eigenvalue weighted by Gasteiger charge is -2.02. The van der Waals surface area contributed by atoms with E-state index in [1.165, 1.54) is 77.0 Å². The fraction of sp³-hybridized carbons (Fsp3) is 0.647. The molecule has 0 spiro atoms. The Kier molecular flexibility index (Phi) is 9.22. The second-order valence-electron chi connectivity index (χ2n) is 5.19. The van der Waals surface area contributed by atoms with Gasteiger partial charge in [0.05, 0.1) is 0 Å². The van der Waals surface area contributed by atoms with Gasteiger partial charge in [-0.3, -0.25) is 0 Å². The van der Waals surface area contributed by atoms with Gasteiger partial charge in [0.15, 0.2) is 0 Å². The molecule has 0 fully saturated rings. The number of hydrogen-bond donors (Lipinski definition) is 0. The van der Waals surface area contributed by atoms with Gasteiger partial charge in [0.25, 0.3) is 0 Å². The van der Waals surface area contributed by atoms with Crippen molar-refractivity contribution in [1.82, 2.24) is 0 Å². The zero-order valence-corrected chi connectivity index (χ0v) is 13.0. The highest BCUT2D eigenvalue weighted by Gasteiger charge is 1.95. The van der Waals surface area contributed by atoms with Crippen molar-refractivity contribution in [3.63, 3.8) is 0 Å². The summed E-state index contributed by atoms with van der Waals surface area (Å²) in [7, 11) is 1.51. The largest absolute Gasteiger partial charge is 0.0654 e. The van der Waals surface area contributed by atoms with Crippen LogP contribution in [0.4, 0.5) is 0 Å². The molecule has 1 heteroatoms. The summed E-state index contributed by atoms with van der Waals surface area (Å²) in [5.41, 5.74) is 1.36. The Morgan fingerprint density at radius 2 is 1.33 bits per heavy atom. The van der Waals surface area contributed by atoms with Crippen molar-refractivity contribution in [1.29, 1.82) is 0 Å². The molecule has 0 unspecified atom stereocenters. The average molecular weight is 263 g/mol. The van der Waals surface area contributed by atoms with Crippen LogP contribution in [0.3, 0.4) is 0 Å². The highest BCUT2D eigenvalue weighted by atomic mass is 31.1. The summed E-state index contributed by atoms with van der Waals surface area (Å²) in [4.78, 5) is 0. The summed E-state index contributed by atoms with van der Waals surface area (Å²) in [6.07, 6.45) is 12.7. The second-order valence-corrected chi connectivity index (χ2v) is 6.47. The molecule has 0 aliphatic heterocycles. The molecule has 0 N–H and O–H groups in total. The molecule has 1 radical (unpaired) electrons. The fourth-order valence-corrected chi connectivity index (χ4v) is 3.10. The molecule has 0 heterocycles. The first-order valence-electron chi connectivity index (χ1n) is 7.57. The van der Waals surface area contributed by atoms with Crippen molar-refractivity contribution in [3.05, 3.63) is 29.8 Å². The second kappa shape index (κ2) is 10.6. The first-order chi connectivity index (χ1) is 8.83. The molecule has 0 bridgehead atoms. The number of benzene rings is 1. The van der Waals surface area contributed by atoms with E-state index >= 15 is 0 Å². The van der Waals surface area contributed by atoms with E-state index in [4.69, 9.17) is 0 Å². The van der Waals surface area contributed by atoms with Crippen LogP contribution in [0.15, 0.2) is 24.3 Å². The average Bonchev–Trinajstić information content (AvgIpc) is 2.39. The molecular weight excluding hydrogens is 235 g/mol. The highest BCUT2D eigenvalue weighted by molar-refractivity contribution is 7.47. The molecule has 1 aromatic carbocycles. The summed E-state index contributed by atoms with van der Waals surface area (Å²) in [5, 5.41) is 1.48. The van der Waals surface area contributed by atoms with Gasteiger partial charge in [-0.25, -0.2) is 0 Å². The Morgan fingerprint density at radius 3 is 1.94 bits per heavy atom. The molecule has 0 aliphatic carbocycles. The van der Waals surface area contributed by atoms with Gasteiger partial charge in [-0.2, -0.15) is 0 Å². The van der Waals surface area contributed by atoms with Crippen molar-refractivity contribution in [2.75, 3.05) is 6.16 Å². The van der Waals surface area contributed by atoms with Crippen molar-refractivity contribution in [3.8, 4) is 0 Å². The van der Waals surface area contributed by atoms with Crippen LogP contribution in [-0.4, -0.2) is 6.16 Å². The molecule has 101 valence electrons. The van der Waals surface area contributed by atoms with E-state index in [0.29, 0.717) is 0 Å². The number of aryl methyl sites for hydroxylation is 1. The number of unbranched alkanes of at least 4 members (excludes halogenated alkanes) is 7. The van der Waals surface area contributed by atoms with Crippen LogP contribution in [-0.2, 0) is 0 Å².